The quantitative estimate of drug-likeness (QED) is 0.862. The lowest BCUT2D eigenvalue weighted by molar-refractivity contribution is -0.167. The third-order valence-corrected chi connectivity index (χ3v) is 4.48. The Balaban J connectivity index is 2.02. The van der Waals surface area contributed by atoms with Crippen molar-refractivity contribution >= 4 is 5.97 Å². The van der Waals surface area contributed by atoms with Gasteiger partial charge in [0.25, 0.3) is 0 Å². The largest absolute Gasteiger partial charge is 0.463 e. The number of aliphatic hydroxyl groups is 1. The number of rotatable bonds is 4. The Hall–Kier alpha value is -1.29. The minimum absolute atomic E-state index is 0.105. The number of aryl methyl sites for hydroxylation is 1. The van der Waals surface area contributed by atoms with E-state index in [2.05, 4.69) is 20.8 Å². The van der Waals surface area contributed by atoms with Crippen molar-refractivity contribution in [1.29, 1.82) is 0 Å². The van der Waals surface area contributed by atoms with Crippen molar-refractivity contribution in [2.75, 3.05) is 0 Å². The van der Waals surface area contributed by atoms with Crippen LogP contribution in [0.2, 0.25) is 0 Å². The predicted molar refractivity (Wildman–Crippen MR) is 79.6 cm³/mol. The Kier molecular flexibility index (Phi) is 5.09. The van der Waals surface area contributed by atoms with Crippen LogP contribution in [-0.2, 0) is 9.53 Å². The van der Waals surface area contributed by atoms with Gasteiger partial charge >= 0.3 is 5.97 Å². The van der Waals surface area contributed by atoms with E-state index in [1.54, 1.807) is 19.1 Å². The second-order valence-electron chi connectivity index (χ2n) is 6.65. The molecule has 0 saturated heterocycles. The van der Waals surface area contributed by atoms with Gasteiger partial charge in [0, 0.05) is 0 Å². The zero-order valence-corrected chi connectivity index (χ0v) is 13.3. The molecule has 0 amide bonds. The summed E-state index contributed by atoms with van der Waals surface area (Å²) in [5.74, 6) is 1.72. The normalized spacial score (nSPS) is 27.6. The van der Waals surface area contributed by atoms with Gasteiger partial charge in [0.1, 0.15) is 17.6 Å². The Labute approximate surface area is 126 Å². The molecule has 1 aromatic rings. The van der Waals surface area contributed by atoms with Crippen LogP contribution in [-0.4, -0.2) is 17.2 Å². The molecule has 0 aliphatic heterocycles. The summed E-state index contributed by atoms with van der Waals surface area (Å²) in [5, 5.41) is 10.1. The Bertz CT molecular complexity index is 477. The van der Waals surface area contributed by atoms with Gasteiger partial charge in [0.15, 0.2) is 0 Å². The van der Waals surface area contributed by atoms with Crippen molar-refractivity contribution in [3.63, 3.8) is 0 Å². The van der Waals surface area contributed by atoms with Crippen molar-refractivity contribution in [2.24, 2.45) is 17.8 Å². The molecule has 0 unspecified atom stereocenters. The van der Waals surface area contributed by atoms with Crippen molar-refractivity contribution in [2.45, 2.75) is 59.2 Å². The van der Waals surface area contributed by atoms with Crippen LogP contribution in [0.15, 0.2) is 16.5 Å². The third kappa shape index (κ3) is 3.88. The van der Waals surface area contributed by atoms with E-state index in [9.17, 15) is 9.90 Å². The molecule has 0 bridgehead atoms. The number of carbonyl (C=O) groups excluding carboxylic acids is 1. The summed E-state index contributed by atoms with van der Waals surface area (Å²) in [5.41, 5.74) is 0. The lowest BCUT2D eigenvalue weighted by atomic mass is 9.75. The summed E-state index contributed by atoms with van der Waals surface area (Å²) in [7, 11) is 0. The van der Waals surface area contributed by atoms with Crippen molar-refractivity contribution in [3.05, 3.63) is 23.7 Å². The first kappa shape index (κ1) is 16.1. The van der Waals surface area contributed by atoms with Crippen LogP contribution in [0, 0.1) is 24.7 Å². The standard InChI is InChI=1S/C17H26O4/c1-10(2)13-7-5-11(3)9-15(13)21-17(19)16(18)14-8-6-12(4)20-14/h6,8,10-11,13,15-16,18H,5,7,9H2,1-4H3/t11-,13+,15-,16+/m1/s1. The van der Waals surface area contributed by atoms with Crippen LogP contribution in [0.25, 0.3) is 0 Å². The summed E-state index contributed by atoms with van der Waals surface area (Å²) in [4.78, 5) is 12.2. The van der Waals surface area contributed by atoms with Crippen LogP contribution in [0.5, 0.6) is 0 Å². The number of aliphatic hydroxyl groups excluding tert-OH is 1. The number of furan rings is 1. The molecule has 1 N–H and O–H groups in total. The maximum atomic E-state index is 12.2. The van der Waals surface area contributed by atoms with E-state index < -0.39 is 12.1 Å². The molecule has 1 aliphatic carbocycles. The maximum Gasteiger partial charge on any atom is 0.343 e. The molecule has 4 heteroatoms. The van der Waals surface area contributed by atoms with Crippen molar-refractivity contribution < 1.29 is 19.1 Å². The molecule has 1 aromatic heterocycles. The van der Waals surface area contributed by atoms with E-state index in [1.807, 2.05) is 0 Å². The van der Waals surface area contributed by atoms with Gasteiger partial charge in [-0.25, -0.2) is 4.79 Å². The summed E-state index contributed by atoms with van der Waals surface area (Å²) >= 11 is 0. The van der Waals surface area contributed by atoms with E-state index >= 15 is 0 Å². The molecule has 0 radical (unpaired) electrons. The van der Waals surface area contributed by atoms with E-state index in [4.69, 9.17) is 9.15 Å². The summed E-state index contributed by atoms with van der Waals surface area (Å²) < 4.78 is 10.9. The second kappa shape index (κ2) is 6.65. The molecule has 4 atom stereocenters. The number of hydrogen-bond donors (Lipinski definition) is 1. The van der Waals surface area contributed by atoms with E-state index in [-0.39, 0.29) is 11.9 Å². The van der Waals surface area contributed by atoms with Gasteiger partial charge in [-0.3, -0.25) is 0 Å². The van der Waals surface area contributed by atoms with E-state index in [1.165, 1.54) is 6.42 Å². The average Bonchev–Trinajstić information content (AvgIpc) is 2.84. The van der Waals surface area contributed by atoms with Gasteiger partial charge in [-0.05, 0) is 49.7 Å². The van der Waals surface area contributed by atoms with E-state index in [0.29, 0.717) is 23.5 Å². The van der Waals surface area contributed by atoms with Gasteiger partial charge in [-0.15, -0.1) is 0 Å². The lowest BCUT2D eigenvalue weighted by Crippen LogP contribution is -2.37. The highest BCUT2D eigenvalue weighted by molar-refractivity contribution is 5.75. The molecule has 0 aromatic carbocycles. The van der Waals surface area contributed by atoms with Gasteiger partial charge in [-0.1, -0.05) is 27.2 Å². The first-order chi connectivity index (χ1) is 9.88. The molecule has 2 rings (SSSR count). The lowest BCUT2D eigenvalue weighted by Gasteiger charge is -2.36. The SMILES string of the molecule is Cc1ccc([C@H](O)C(=O)O[C@@H]2C[C@H](C)CC[C@H]2C(C)C)o1. The monoisotopic (exact) mass is 294 g/mol. The zero-order valence-electron chi connectivity index (χ0n) is 13.3. The average molecular weight is 294 g/mol. The highest BCUT2D eigenvalue weighted by Gasteiger charge is 2.35. The minimum Gasteiger partial charge on any atom is -0.463 e. The molecule has 1 saturated carbocycles. The molecule has 0 spiro atoms. The highest BCUT2D eigenvalue weighted by atomic mass is 16.6. The zero-order chi connectivity index (χ0) is 15.6. The first-order valence-electron chi connectivity index (χ1n) is 7.83. The Morgan fingerprint density at radius 2 is 2.10 bits per heavy atom. The van der Waals surface area contributed by atoms with Crippen molar-refractivity contribution in [1.82, 2.24) is 0 Å². The molecule has 1 aliphatic rings. The summed E-state index contributed by atoms with van der Waals surface area (Å²) in [6, 6.07) is 3.34. The van der Waals surface area contributed by atoms with Crippen LogP contribution >= 0.6 is 0 Å². The smallest absolute Gasteiger partial charge is 0.343 e. The van der Waals surface area contributed by atoms with Gasteiger partial charge in [0.05, 0.1) is 0 Å². The van der Waals surface area contributed by atoms with Crippen LogP contribution in [0.3, 0.4) is 0 Å². The minimum atomic E-state index is -1.33. The molecule has 21 heavy (non-hydrogen) atoms. The fourth-order valence-electron chi connectivity index (χ4n) is 3.18. The number of hydrogen-bond acceptors (Lipinski definition) is 4. The first-order valence-corrected chi connectivity index (χ1v) is 7.83. The maximum absolute atomic E-state index is 12.2. The van der Waals surface area contributed by atoms with Gasteiger partial charge < -0.3 is 14.3 Å². The van der Waals surface area contributed by atoms with E-state index in [0.717, 1.165) is 12.8 Å². The molecular weight excluding hydrogens is 268 g/mol. The Morgan fingerprint density at radius 3 is 2.67 bits per heavy atom. The predicted octanol–water partition coefficient (Wildman–Crippen LogP) is 3.63. The fourth-order valence-corrected chi connectivity index (χ4v) is 3.18. The Morgan fingerprint density at radius 1 is 1.38 bits per heavy atom. The molecule has 1 fully saturated rings. The van der Waals surface area contributed by atoms with Gasteiger partial charge in [0.2, 0.25) is 6.10 Å². The molecule has 1 heterocycles. The topological polar surface area (TPSA) is 59.7 Å². The third-order valence-electron chi connectivity index (χ3n) is 4.48. The second-order valence-corrected chi connectivity index (χ2v) is 6.65. The van der Waals surface area contributed by atoms with Crippen LogP contribution in [0.4, 0.5) is 0 Å². The van der Waals surface area contributed by atoms with Crippen LogP contribution in [0.1, 0.15) is 57.7 Å². The highest BCUT2D eigenvalue weighted by Crippen LogP contribution is 2.36. The molecule has 4 nitrogen and oxygen atoms in total. The van der Waals surface area contributed by atoms with Crippen molar-refractivity contribution in [3.8, 4) is 0 Å². The fraction of sp³-hybridized carbons (Fsp3) is 0.706. The summed E-state index contributed by atoms with van der Waals surface area (Å²) in [6.45, 7) is 8.28. The number of esters is 1. The molecule has 118 valence electrons. The number of ether oxygens (including phenoxy) is 1. The van der Waals surface area contributed by atoms with Gasteiger partial charge in [-0.2, -0.15) is 0 Å². The van der Waals surface area contributed by atoms with Crippen LogP contribution < -0.4 is 0 Å². The number of carbonyl (C=O) groups is 1. The summed E-state index contributed by atoms with van der Waals surface area (Å²) in [6.07, 6.45) is 1.69. The molecular formula is C17H26O4.